The molecular formula is C24H22Cl3F4N5O. The summed E-state index contributed by atoms with van der Waals surface area (Å²) in [5, 5.41) is 3.52. The number of imidazole rings is 2. The third-order valence-corrected chi connectivity index (χ3v) is 7.05. The van der Waals surface area contributed by atoms with Crippen LogP contribution in [0.2, 0.25) is 10.0 Å². The molecule has 1 fully saturated rings. The van der Waals surface area contributed by atoms with E-state index in [0.29, 0.717) is 27.8 Å². The average molecular weight is 579 g/mol. The van der Waals surface area contributed by atoms with Gasteiger partial charge in [0, 0.05) is 40.8 Å². The van der Waals surface area contributed by atoms with Gasteiger partial charge in [-0.3, -0.25) is 9.13 Å². The number of hydrogen-bond acceptors (Lipinski definition) is 3. The van der Waals surface area contributed by atoms with Crippen LogP contribution in [0.1, 0.15) is 23.5 Å². The van der Waals surface area contributed by atoms with Crippen LogP contribution < -0.4 is 11.0 Å². The highest BCUT2D eigenvalue weighted by Crippen LogP contribution is 2.31. The van der Waals surface area contributed by atoms with Crippen molar-refractivity contribution in [3.05, 3.63) is 85.8 Å². The van der Waals surface area contributed by atoms with Gasteiger partial charge in [-0.2, -0.15) is 0 Å². The first-order valence-corrected chi connectivity index (χ1v) is 12.0. The first-order valence-electron chi connectivity index (χ1n) is 11.3. The predicted molar refractivity (Wildman–Crippen MR) is 136 cm³/mol. The monoisotopic (exact) mass is 577 g/mol. The number of H-pyrrole nitrogens is 1. The molecule has 1 saturated heterocycles. The van der Waals surface area contributed by atoms with Crippen molar-refractivity contribution >= 4 is 46.6 Å². The molecule has 2 aromatic carbocycles. The van der Waals surface area contributed by atoms with E-state index in [1.54, 1.807) is 24.4 Å². The molecule has 1 atom stereocenters. The van der Waals surface area contributed by atoms with Crippen molar-refractivity contribution in [2.45, 2.75) is 31.9 Å². The minimum atomic E-state index is -2.98. The highest BCUT2D eigenvalue weighted by atomic mass is 35.5. The molecule has 0 amide bonds. The van der Waals surface area contributed by atoms with Crippen LogP contribution in [0.5, 0.6) is 0 Å². The highest BCUT2D eigenvalue weighted by Gasteiger charge is 2.42. The maximum Gasteiger partial charge on any atom is 0.328 e. The lowest BCUT2D eigenvalue weighted by Gasteiger charge is -2.32. The molecule has 0 radical (unpaired) electrons. The van der Waals surface area contributed by atoms with Crippen molar-refractivity contribution in [3.8, 4) is 0 Å². The largest absolute Gasteiger partial charge is 0.340 e. The summed E-state index contributed by atoms with van der Waals surface area (Å²) < 4.78 is 59.5. The fourth-order valence-electron chi connectivity index (χ4n) is 4.53. The van der Waals surface area contributed by atoms with Crippen molar-refractivity contribution in [1.82, 2.24) is 24.4 Å². The van der Waals surface area contributed by atoms with Crippen LogP contribution in [-0.2, 0) is 19.5 Å². The van der Waals surface area contributed by atoms with E-state index < -0.39 is 35.7 Å². The molecule has 1 aliphatic rings. The Morgan fingerprint density at radius 2 is 1.95 bits per heavy atom. The lowest BCUT2D eigenvalue weighted by Crippen LogP contribution is -2.48. The number of halogens is 7. The number of aromatic amines is 1. The second kappa shape index (κ2) is 10.7. The number of rotatable bonds is 6. The topological polar surface area (TPSA) is 67.6 Å². The zero-order chi connectivity index (χ0) is 25.6. The summed E-state index contributed by atoms with van der Waals surface area (Å²) in [7, 11) is 0. The van der Waals surface area contributed by atoms with E-state index in [1.807, 2.05) is 0 Å². The van der Waals surface area contributed by atoms with Crippen molar-refractivity contribution in [3.63, 3.8) is 0 Å². The van der Waals surface area contributed by atoms with Gasteiger partial charge in [0.15, 0.2) is 11.6 Å². The molecule has 6 nitrogen and oxygen atoms in total. The number of nitrogens with one attached hydrogen (secondary N) is 2. The van der Waals surface area contributed by atoms with Crippen molar-refractivity contribution in [2.24, 2.45) is 5.92 Å². The first-order chi connectivity index (χ1) is 17.1. The normalized spacial score (nSPS) is 17.2. The van der Waals surface area contributed by atoms with E-state index in [-0.39, 0.29) is 55.2 Å². The summed E-state index contributed by atoms with van der Waals surface area (Å²) in [6.45, 7) is -0.297. The Hall–Kier alpha value is -2.53. The van der Waals surface area contributed by atoms with Crippen LogP contribution in [0.15, 0.2) is 41.3 Å². The van der Waals surface area contributed by atoms with Gasteiger partial charge in [0.1, 0.15) is 11.3 Å². The number of hydrogen-bond donors (Lipinski definition) is 2. The quantitative estimate of drug-likeness (QED) is 0.301. The van der Waals surface area contributed by atoms with Crippen LogP contribution >= 0.6 is 35.6 Å². The number of benzene rings is 2. The van der Waals surface area contributed by atoms with Crippen LogP contribution in [0.25, 0.3) is 11.0 Å². The van der Waals surface area contributed by atoms with E-state index in [0.717, 1.165) is 6.07 Å². The Kier molecular flexibility index (Phi) is 7.94. The number of fused-ring (bicyclic) bond motifs is 1. The Balaban J connectivity index is 0.00000320. The summed E-state index contributed by atoms with van der Waals surface area (Å²) in [5.74, 6) is -5.91. The van der Waals surface area contributed by atoms with E-state index in [9.17, 15) is 22.4 Å². The lowest BCUT2D eigenvalue weighted by atomic mass is 9.93. The van der Waals surface area contributed by atoms with Gasteiger partial charge in [-0.25, -0.2) is 27.3 Å². The van der Waals surface area contributed by atoms with Crippen LogP contribution in [-0.4, -0.2) is 38.1 Å². The molecule has 198 valence electrons. The molecule has 0 aliphatic carbocycles. The molecule has 37 heavy (non-hydrogen) atoms. The summed E-state index contributed by atoms with van der Waals surface area (Å²) in [4.78, 5) is 20.3. The molecule has 1 aliphatic heterocycles. The summed E-state index contributed by atoms with van der Waals surface area (Å²) >= 11 is 12.3. The number of piperidine rings is 1. The van der Waals surface area contributed by atoms with E-state index in [2.05, 4.69) is 15.3 Å². The molecule has 0 saturated carbocycles. The minimum Gasteiger partial charge on any atom is -0.340 e. The second-order valence-electron chi connectivity index (χ2n) is 8.92. The zero-order valence-electron chi connectivity index (χ0n) is 19.2. The van der Waals surface area contributed by atoms with Gasteiger partial charge >= 0.3 is 5.69 Å². The summed E-state index contributed by atoms with van der Waals surface area (Å²) in [5.41, 5.74) is 0.729. The van der Waals surface area contributed by atoms with E-state index in [1.165, 1.54) is 15.2 Å². The molecule has 3 heterocycles. The molecule has 4 aromatic rings. The van der Waals surface area contributed by atoms with Gasteiger partial charge in [0.25, 0.3) is 5.92 Å². The molecule has 2 N–H and O–H groups in total. The van der Waals surface area contributed by atoms with Crippen LogP contribution in [0.3, 0.4) is 0 Å². The molecule has 0 spiro atoms. The standard InChI is InChI=1S/C24H21Cl2F4N5O.ClH/c25-15-2-1-13(17(26)8-15)7-16-10-34(11-20-32-19-4-3-18(27)21(28)22(19)33-20)23(36)35(16)9-14-5-6-31-12-24(14,29)30;/h1-4,8,10,14,31H,5-7,9,11-12H2,(H,32,33);1H. The molecule has 5 rings (SSSR count). The van der Waals surface area contributed by atoms with Crippen molar-refractivity contribution < 1.29 is 17.6 Å². The second-order valence-corrected chi connectivity index (χ2v) is 9.76. The molecule has 13 heteroatoms. The van der Waals surface area contributed by atoms with Gasteiger partial charge in [0.2, 0.25) is 0 Å². The fourth-order valence-corrected chi connectivity index (χ4v) is 5.00. The van der Waals surface area contributed by atoms with Gasteiger partial charge in [-0.05, 0) is 42.8 Å². The number of nitrogens with zero attached hydrogens (tertiary/aromatic N) is 3. The van der Waals surface area contributed by atoms with E-state index >= 15 is 0 Å². The Morgan fingerprint density at radius 1 is 1.16 bits per heavy atom. The van der Waals surface area contributed by atoms with Crippen LogP contribution in [0.4, 0.5) is 17.6 Å². The van der Waals surface area contributed by atoms with Gasteiger partial charge in [-0.1, -0.05) is 29.3 Å². The molecular weight excluding hydrogens is 557 g/mol. The van der Waals surface area contributed by atoms with Crippen molar-refractivity contribution in [1.29, 1.82) is 0 Å². The maximum absolute atomic E-state index is 14.6. The molecule has 2 aromatic heterocycles. The molecule has 0 bridgehead atoms. The molecule has 1 unspecified atom stereocenters. The number of aromatic nitrogens is 4. The van der Waals surface area contributed by atoms with Crippen molar-refractivity contribution in [2.75, 3.05) is 13.1 Å². The Morgan fingerprint density at radius 3 is 2.68 bits per heavy atom. The van der Waals surface area contributed by atoms with Gasteiger partial charge < -0.3 is 10.3 Å². The third kappa shape index (κ3) is 5.52. The highest BCUT2D eigenvalue weighted by molar-refractivity contribution is 6.35. The van der Waals surface area contributed by atoms with Crippen LogP contribution in [0, 0.1) is 17.6 Å². The first kappa shape index (κ1) is 27.5. The number of alkyl halides is 2. The zero-order valence-corrected chi connectivity index (χ0v) is 21.5. The Bertz CT molecular complexity index is 1500. The third-order valence-electron chi connectivity index (χ3n) is 6.46. The summed E-state index contributed by atoms with van der Waals surface area (Å²) in [6.07, 6.45) is 1.96. The minimum absolute atomic E-state index is 0. The van der Waals surface area contributed by atoms with E-state index in [4.69, 9.17) is 23.2 Å². The van der Waals surface area contributed by atoms with Gasteiger partial charge in [0.05, 0.1) is 18.6 Å². The smallest absolute Gasteiger partial charge is 0.328 e. The average Bonchev–Trinajstić information content (AvgIpc) is 3.36. The predicted octanol–water partition coefficient (Wildman–Crippen LogP) is 5.42. The SMILES string of the molecule is Cl.O=c1n(Cc2nc3c(F)c(F)ccc3[nH]2)cc(Cc2ccc(Cl)cc2Cl)n1CC1CCNCC1(F)F. The fraction of sp³-hybridized carbons (Fsp3) is 0.333. The maximum atomic E-state index is 14.6. The lowest BCUT2D eigenvalue weighted by molar-refractivity contribution is -0.0792. The van der Waals surface area contributed by atoms with Gasteiger partial charge in [-0.15, -0.1) is 12.4 Å². The summed E-state index contributed by atoms with van der Waals surface area (Å²) in [6, 6.07) is 7.28. The Labute approximate surface area is 225 Å².